The van der Waals surface area contributed by atoms with E-state index in [4.69, 9.17) is 4.74 Å². The fourth-order valence-electron chi connectivity index (χ4n) is 1.80. The van der Waals surface area contributed by atoms with Gasteiger partial charge in [-0.25, -0.2) is 4.98 Å². The first-order chi connectivity index (χ1) is 8.19. The number of rotatable bonds is 6. The maximum atomic E-state index is 9.61. The van der Waals surface area contributed by atoms with Crippen molar-refractivity contribution < 1.29 is 9.84 Å². The smallest absolute Gasteiger partial charge is 0.193 e. The van der Waals surface area contributed by atoms with Crippen LogP contribution < -0.4 is 0 Å². The number of methoxy groups -OCH3 is 1. The van der Waals surface area contributed by atoms with E-state index in [9.17, 15) is 5.11 Å². The molecule has 0 spiro atoms. The summed E-state index contributed by atoms with van der Waals surface area (Å²) in [6.07, 6.45) is 3.56. The molecular weight excluding hydrogens is 238 g/mol. The standard InChI is InChI=1S/C11H17N3O2S/c1-13(7-10(15)8-16-2)5-9-6-14-3-4-17-11(14)12-9/h3-4,6,10,15H,5,7-8H2,1-2H3. The number of hydrogen-bond donors (Lipinski definition) is 1. The molecule has 0 saturated carbocycles. The third-order valence-electron chi connectivity index (χ3n) is 2.46. The summed E-state index contributed by atoms with van der Waals surface area (Å²) in [6.45, 7) is 1.68. The molecule has 94 valence electrons. The molecular formula is C11H17N3O2S. The number of aliphatic hydroxyl groups is 1. The Morgan fingerprint density at radius 1 is 1.65 bits per heavy atom. The third-order valence-corrected chi connectivity index (χ3v) is 3.23. The highest BCUT2D eigenvalue weighted by molar-refractivity contribution is 7.15. The normalized spacial score (nSPS) is 13.6. The van der Waals surface area contributed by atoms with Crippen LogP contribution in [0.15, 0.2) is 17.8 Å². The van der Waals surface area contributed by atoms with Crippen molar-refractivity contribution in [1.82, 2.24) is 14.3 Å². The van der Waals surface area contributed by atoms with Crippen molar-refractivity contribution in [2.45, 2.75) is 12.6 Å². The lowest BCUT2D eigenvalue weighted by atomic mass is 10.3. The molecule has 0 fully saturated rings. The summed E-state index contributed by atoms with van der Waals surface area (Å²) in [6, 6.07) is 0. The second-order valence-electron chi connectivity index (χ2n) is 4.13. The van der Waals surface area contributed by atoms with Crippen LogP contribution in [0.25, 0.3) is 4.96 Å². The molecule has 0 aliphatic heterocycles. The number of nitrogens with zero attached hydrogens (tertiary/aromatic N) is 3. The van der Waals surface area contributed by atoms with Crippen LogP contribution in [0.4, 0.5) is 0 Å². The van der Waals surface area contributed by atoms with E-state index in [2.05, 4.69) is 4.98 Å². The molecule has 1 unspecified atom stereocenters. The minimum Gasteiger partial charge on any atom is -0.389 e. The van der Waals surface area contributed by atoms with Crippen molar-refractivity contribution in [2.24, 2.45) is 0 Å². The van der Waals surface area contributed by atoms with Crippen LogP contribution in [0, 0.1) is 0 Å². The molecule has 5 nitrogen and oxygen atoms in total. The van der Waals surface area contributed by atoms with E-state index in [1.165, 1.54) is 0 Å². The van der Waals surface area contributed by atoms with Crippen LogP contribution >= 0.6 is 11.3 Å². The number of imidazole rings is 1. The molecule has 0 aliphatic rings. The Labute approximate surface area is 104 Å². The van der Waals surface area contributed by atoms with Crippen LogP contribution in [0.2, 0.25) is 0 Å². The second kappa shape index (κ2) is 5.59. The van der Waals surface area contributed by atoms with Crippen molar-refractivity contribution in [1.29, 1.82) is 0 Å². The maximum absolute atomic E-state index is 9.61. The van der Waals surface area contributed by atoms with Crippen molar-refractivity contribution >= 4 is 16.3 Å². The predicted octanol–water partition coefficient (Wildman–Crippen LogP) is 0.835. The third kappa shape index (κ3) is 3.26. The van der Waals surface area contributed by atoms with Crippen molar-refractivity contribution in [3.8, 4) is 0 Å². The lowest BCUT2D eigenvalue weighted by Gasteiger charge is -2.18. The Morgan fingerprint density at radius 2 is 2.47 bits per heavy atom. The number of fused-ring (bicyclic) bond motifs is 1. The number of ether oxygens (including phenoxy) is 1. The molecule has 0 saturated heterocycles. The highest BCUT2D eigenvalue weighted by Gasteiger charge is 2.10. The minimum atomic E-state index is -0.450. The fraction of sp³-hybridized carbons (Fsp3) is 0.545. The van der Waals surface area contributed by atoms with Gasteiger partial charge >= 0.3 is 0 Å². The van der Waals surface area contributed by atoms with Gasteiger partial charge in [-0.3, -0.25) is 9.30 Å². The summed E-state index contributed by atoms with van der Waals surface area (Å²) in [5.74, 6) is 0. The highest BCUT2D eigenvalue weighted by atomic mass is 32.1. The summed E-state index contributed by atoms with van der Waals surface area (Å²) < 4.78 is 6.91. The van der Waals surface area contributed by atoms with Gasteiger partial charge in [0.1, 0.15) is 0 Å². The summed E-state index contributed by atoms with van der Waals surface area (Å²) in [4.78, 5) is 7.54. The molecule has 2 aromatic heterocycles. The molecule has 17 heavy (non-hydrogen) atoms. The molecule has 6 heteroatoms. The number of likely N-dealkylation sites (N-methyl/N-ethyl adjacent to an activating group) is 1. The molecule has 0 aromatic carbocycles. The zero-order chi connectivity index (χ0) is 12.3. The minimum absolute atomic E-state index is 0.364. The van der Waals surface area contributed by atoms with Gasteiger partial charge in [-0.2, -0.15) is 0 Å². The van der Waals surface area contributed by atoms with E-state index >= 15 is 0 Å². The summed E-state index contributed by atoms with van der Waals surface area (Å²) in [5.41, 5.74) is 1.02. The topological polar surface area (TPSA) is 50.0 Å². The number of hydrogen-bond acceptors (Lipinski definition) is 5. The molecule has 2 heterocycles. The van der Waals surface area contributed by atoms with Gasteiger partial charge in [0.2, 0.25) is 0 Å². The maximum Gasteiger partial charge on any atom is 0.193 e. The Kier molecular flexibility index (Phi) is 4.11. The zero-order valence-electron chi connectivity index (χ0n) is 10.0. The van der Waals surface area contributed by atoms with E-state index in [1.807, 2.05) is 34.1 Å². The van der Waals surface area contributed by atoms with Gasteiger partial charge in [0.15, 0.2) is 4.96 Å². The van der Waals surface area contributed by atoms with Gasteiger partial charge in [-0.15, -0.1) is 11.3 Å². The average molecular weight is 255 g/mol. The van der Waals surface area contributed by atoms with Crippen LogP contribution in [0.1, 0.15) is 5.69 Å². The Bertz CT molecular complexity index is 439. The van der Waals surface area contributed by atoms with E-state index in [0.29, 0.717) is 13.2 Å². The molecule has 2 rings (SSSR count). The molecule has 2 aromatic rings. The molecule has 1 atom stereocenters. The quantitative estimate of drug-likeness (QED) is 0.831. The van der Waals surface area contributed by atoms with E-state index in [-0.39, 0.29) is 0 Å². The fourth-order valence-corrected chi connectivity index (χ4v) is 2.52. The Hall–Kier alpha value is -0.950. The van der Waals surface area contributed by atoms with Crippen LogP contribution in [-0.4, -0.2) is 52.8 Å². The summed E-state index contributed by atoms with van der Waals surface area (Å²) in [7, 11) is 3.55. The van der Waals surface area contributed by atoms with Gasteiger partial charge in [0.25, 0.3) is 0 Å². The molecule has 0 bridgehead atoms. The van der Waals surface area contributed by atoms with Crippen LogP contribution in [0.3, 0.4) is 0 Å². The molecule has 1 N–H and O–H groups in total. The predicted molar refractivity (Wildman–Crippen MR) is 67.3 cm³/mol. The first-order valence-electron chi connectivity index (χ1n) is 5.45. The number of aromatic nitrogens is 2. The van der Waals surface area contributed by atoms with E-state index < -0.39 is 6.10 Å². The van der Waals surface area contributed by atoms with E-state index in [0.717, 1.165) is 17.2 Å². The molecule has 0 aliphatic carbocycles. The van der Waals surface area contributed by atoms with Gasteiger partial charge in [-0.05, 0) is 7.05 Å². The second-order valence-corrected chi connectivity index (χ2v) is 5.00. The zero-order valence-corrected chi connectivity index (χ0v) is 10.9. The average Bonchev–Trinajstić information content (AvgIpc) is 2.77. The first kappa shape index (κ1) is 12.5. The van der Waals surface area contributed by atoms with Gasteiger partial charge < -0.3 is 9.84 Å². The largest absolute Gasteiger partial charge is 0.389 e. The van der Waals surface area contributed by atoms with Crippen LogP contribution in [-0.2, 0) is 11.3 Å². The van der Waals surface area contributed by atoms with Gasteiger partial charge in [0.05, 0.1) is 18.4 Å². The summed E-state index contributed by atoms with van der Waals surface area (Å²) >= 11 is 1.62. The monoisotopic (exact) mass is 255 g/mol. The number of thiazole rings is 1. The Morgan fingerprint density at radius 3 is 3.18 bits per heavy atom. The first-order valence-corrected chi connectivity index (χ1v) is 6.33. The molecule has 0 amide bonds. The van der Waals surface area contributed by atoms with Gasteiger partial charge in [-0.1, -0.05) is 0 Å². The lowest BCUT2D eigenvalue weighted by Crippen LogP contribution is -2.31. The Balaban J connectivity index is 1.89. The van der Waals surface area contributed by atoms with E-state index in [1.54, 1.807) is 18.4 Å². The van der Waals surface area contributed by atoms with Gasteiger partial charge in [0, 0.05) is 38.0 Å². The SMILES string of the molecule is COCC(O)CN(C)Cc1cn2ccsc2n1. The van der Waals surface area contributed by atoms with Crippen molar-refractivity contribution in [2.75, 3.05) is 27.3 Å². The van der Waals surface area contributed by atoms with Crippen molar-refractivity contribution in [3.63, 3.8) is 0 Å². The lowest BCUT2D eigenvalue weighted by molar-refractivity contribution is 0.0417. The van der Waals surface area contributed by atoms with Crippen molar-refractivity contribution in [3.05, 3.63) is 23.5 Å². The summed E-state index contributed by atoms with van der Waals surface area (Å²) in [5, 5.41) is 11.6. The number of aliphatic hydroxyl groups excluding tert-OH is 1. The highest BCUT2D eigenvalue weighted by Crippen LogP contribution is 2.12. The van der Waals surface area contributed by atoms with Crippen LogP contribution in [0.5, 0.6) is 0 Å². The molecule has 0 radical (unpaired) electrons.